The van der Waals surface area contributed by atoms with Gasteiger partial charge >= 0.3 is 12.0 Å². The van der Waals surface area contributed by atoms with Crippen molar-refractivity contribution in [3.05, 3.63) is 22.8 Å². The van der Waals surface area contributed by atoms with E-state index in [1.54, 1.807) is 20.8 Å². The van der Waals surface area contributed by atoms with Crippen LogP contribution >= 0.6 is 11.6 Å². The largest absolute Gasteiger partial charge is 0.444 e. The Balaban J connectivity index is 3.12. The zero-order valence-electron chi connectivity index (χ0n) is 12.0. The quantitative estimate of drug-likeness (QED) is 0.857. The van der Waals surface area contributed by atoms with Gasteiger partial charge in [-0.05, 0) is 26.8 Å². The second-order valence-corrected chi connectivity index (χ2v) is 5.77. The van der Waals surface area contributed by atoms with Crippen LogP contribution in [-0.4, -0.2) is 28.4 Å². The van der Waals surface area contributed by atoms with Crippen molar-refractivity contribution in [1.29, 1.82) is 0 Å². The van der Waals surface area contributed by atoms with Gasteiger partial charge in [-0.3, -0.25) is 10.1 Å². The van der Waals surface area contributed by atoms with Crippen molar-refractivity contribution in [2.75, 3.05) is 5.32 Å². The molecule has 0 aliphatic carbocycles. The first-order valence-corrected chi connectivity index (χ1v) is 6.37. The van der Waals surface area contributed by atoms with Gasteiger partial charge in [0.1, 0.15) is 11.4 Å². The lowest BCUT2D eigenvalue weighted by Crippen LogP contribution is -2.30. The van der Waals surface area contributed by atoms with Gasteiger partial charge in [-0.25, -0.2) is 9.78 Å². The summed E-state index contributed by atoms with van der Waals surface area (Å²) >= 11 is 5.76. The zero-order chi connectivity index (χ0) is 16.4. The highest BCUT2D eigenvalue weighted by Crippen LogP contribution is 2.29. The number of carbonyl (C=O) groups excluding carboxylic acids is 2. The second kappa shape index (κ2) is 5.93. The van der Waals surface area contributed by atoms with E-state index in [0.29, 0.717) is 6.92 Å². The normalized spacial score (nSPS) is 12.0. The summed E-state index contributed by atoms with van der Waals surface area (Å²) in [6, 6.07) is 1.18. The van der Waals surface area contributed by atoms with Crippen LogP contribution in [-0.2, 0) is 4.74 Å². The first kappa shape index (κ1) is 17.3. The number of rotatable bonds is 3. The topological polar surface area (TPSA) is 68.3 Å². The second-order valence-electron chi connectivity index (χ2n) is 5.36. The van der Waals surface area contributed by atoms with Crippen LogP contribution in [0.2, 0.25) is 5.02 Å². The molecule has 1 N–H and O–H groups in total. The fourth-order valence-electron chi connectivity index (χ4n) is 1.37. The molecule has 0 saturated carbocycles. The smallest absolute Gasteiger partial charge is 0.413 e. The summed E-state index contributed by atoms with van der Waals surface area (Å²) in [5, 5.41) is 1.92. The molecular formula is C13H15ClF2N2O3. The molecule has 5 nitrogen and oxygen atoms in total. The molecule has 1 aromatic rings. The molecule has 0 radical (unpaired) electrons. The van der Waals surface area contributed by atoms with Gasteiger partial charge in [-0.15, -0.1) is 0 Å². The highest BCUT2D eigenvalue weighted by molar-refractivity contribution is 6.35. The van der Waals surface area contributed by atoms with Crippen molar-refractivity contribution >= 4 is 29.3 Å². The Hall–Kier alpha value is -1.76. The Bertz CT molecular complexity index is 566. The van der Waals surface area contributed by atoms with E-state index in [-0.39, 0.29) is 10.8 Å². The fourth-order valence-corrected chi connectivity index (χ4v) is 1.60. The van der Waals surface area contributed by atoms with E-state index in [1.165, 1.54) is 12.3 Å². The minimum atomic E-state index is -3.64. The highest BCUT2D eigenvalue weighted by atomic mass is 35.5. The van der Waals surface area contributed by atoms with Crippen LogP contribution in [0.1, 0.15) is 38.1 Å². The summed E-state index contributed by atoms with van der Waals surface area (Å²) in [5.74, 6) is -5.55. The molecule has 0 aliphatic heterocycles. The van der Waals surface area contributed by atoms with Gasteiger partial charge in [0.15, 0.2) is 0 Å². The van der Waals surface area contributed by atoms with E-state index >= 15 is 0 Å². The number of ether oxygens (including phenoxy) is 1. The summed E-state index contributed by atoms with van der Waals surface area (Å²) < 4.78 is 31.4. The molecular weight excluding hydrogens is 306 g/mol. The maximum atomic E-state index is 13.2. The maximum absolute atomic E-state index is 13.2. The molecule has 0 aromatic carbocycles. The van der Waals surface area contributed by atoms with E-state index in [4.69, 9.17) is 16.3 Å². The molecule has 1 amide bonds. The average Bonchev–Trinajstić information content (AvgIpc) is 2.24. The number of pyridine rings is 1. The lowest BCUT2D eigenvalue weighted by Gasteiger charge is -2.20. The van der Waals surface area contributed by atoms with Crippen LogP contribution in [0.15, 0.2) is 12.3 Å². The molecule has 1 aromatic heterocycles. The Morgan fingerprint density at radius 3 is 2.33 bits per heavy atom. The van der Waals surface area contributed by atoms with Crippen LogP contribution in [0.4, 0.5) is 19.4 Å². The number of carbonyl (C=O) groups is 2. The molecule has 0 spiro atoms. The molecule has 0 atom stereocenters. The molecule has 1 rings (SSSR count). The van der Waals surface area contributed by atoms with Crippen molar-refractivity contribution in [3.63, 3.8) is 0 Å². The summed E-state index contributed by atoms with van der Waals surface area (Å²) in [6.07, 6.45) is 0.255. The van der Waals surface area contributed by atoms with E-state index in [1.807, 2.05) is 0 Å². The zero-order valence-corrected chi connectivity index (χ0v) is 12.7. The minimum Gasteiger partial charge on any atom is -0.444 e. The summed E-state index contributed by atoms with van der Waals surface area (Å²) in [6.45, 7) is 5.33. The van der Waals surface area contributed by atoms with Crippen LogP contribution in [0, 0.1) is 0 Å². The molecule has 0 unspecified atom stereocenters. The van der Waals surface area contributed by atoms with Gasteiger partial charge in [0.2, 0.25) is 5.78 Å². The van der Waals surface area contributed by atoms with Gasteiger partial charge in [0, 0.05) is 13.1 Å². The Labute approximate surface area is 125 Å². The first-order chi connectivity index (χ1) is 9.42. The maximum Gasteiger partial charge on any atom is 0.413 e. The van der Waals surface area contributed by atoms with Crippen molar-refractivity contribution in [1.82, 2.24) is 4.98 Å². The minimum absolute atomic E-state index is 0.234. The summed E-state index contributed by atoms with van der Waals surface area (Å²) in [7, 11) is 0. The van der Waals surface area contributed by atoms with Crippen molar-refractivity contribution in [3.8, 4) is 0 Å². The van der Waals surface area contributed by atoms with E-state index in [9.17, 15) is 18.4 Å². The van der Waals surface area contributed by atoms with Crippen molar-refractivity contribution < 1.29 is 23.1 Å². The number of anilines is 1. The van der Waals surface area contributed by atoms with E-state index in [0.717, 1.165) is 0 Å². The van der Waals surface area contributed by atoms with Crippen molar-refractivity contribution in [2.24, 2.45) is 0 Å². The number of hydrogen-bond donors (Lipinski definition) is 1. The lowest BCUT2D eigenvalue weighted by molar-refractivity contribution is 0.0222. The monoisotopic (exact) mass is 320 g/mol. The standard InChI is InChI=1S/C13H15ClF2N2O3/c1-12(2,3)21-11(20)18-10-8(7(14)5-6-17-10)9(19)13(4,15)16/h5-6H,1-4H3,(H,17,18,20). The molecule has 0 saturated heterocycles. The molecule has 8 heteroatoms. The van der Waals surface area contributed by atoms with Crippen LogP contribution in [0.25, 0.3) is 0 Å². The van der Waals surface area contributed by atoms with Crippen LogP contribution in [0.5, 0.6) is 0 Å². The SMILES string of the molecule is CC(C)(C)OC(=O)Nc1nccc(Cl)c1C(=O)C(C)(F)F. The summed E-state index contributed by atoms with van der Waals surface area (Å²) in [4.78, 5) is 27.1. The van der Waals surface area contributed by atoms with Gasteiger partial charge < -0.3 is 4.74 Å². The number of Topliss-reactive ketones (excluding diaryl/α,β-unsaturated/α-hetero) is 1. The predicted molar refractivity (Wildman–Crippen MR) is 74.1 cm³/mol. The molecule has 0 fully saturated rings. The molecule has 21 heavy (non-hydrogen) atoms. The number of ketones is 1. The Morgan fingerprint density at radius 2 is 1.86 bits per heavy atom. The number of aromatic nitrogens is 1. The van der Waals surface area contributed by atoms with E-state index < -0.39 is 29.0 Å². The van der Waals surface area contributed by atoms with Gasteiger partial charge in [-0.2, -0.15) is 8.78 Å². The molecule has 116 valence electrons. The number of alkyl halides is 2. The van der Waals surface area contributed by atoms with Gasteiger partial charge in [-0.1, -0.05) is 11.6 Å². The molecule has 1 heterocycles. The van der Waals surface area contributed by atoms with Crippen LogP contribution in [0.3, 0.4) is 0 Å². The van der Waals surface area contributed by atoms with Gasteiger partial charge in [0.05, 0.1) is 10.6 Å². The number of nitrogens with one attached hydrogen (secondary N) is 1. The van der Waals surface area contributed by atoms with E-state index in [2.05, 4.69) is 10.3 Å². The average molecular weight is 321 g/mol. The summed E-state index contributed by atoms with van der Waals surface area (Å²) in [5.41, 5.74) is -1.35. The van der Waals surface area contributed by atoms with Crippen LogP contribution < -0.4 is 5.32 Å². The third-order valence-corrected chi connectivity index (χ3v) is 2.46. The fraction of sp³-hybridized carbons (Fsp3) is 0.462. The number of halogens is 3. The number of amides is 1. The first-order valence-electron chi connectivity index (χ1n) is 5.99. The Kier molecular flexibility index (Phi) is 4.88. The van der Waals surface area contributed by atoms with Gasteiger partial charge in [0.25, 0.3) is 0 Å². The predicted octanol–water partition coefficient (Wildman–Crippen LogP) is 3.92. The number of hydrogen-bond acceptors (Lipinski definition) is 4. The lowest BCUT2D eigenvalue weighted by atomic mass is 10.1. The van der Waals surface area contributed by atoms with Crippen molar-refractivity contribution in [2.45, 2.75) is 39.2 Å². The third-order valence-electron chi connectivity index (χ3n) is 2.15. The number of nitrogens with zero attached hydrogens (tertiary/aromatic N) is 1. The molecule has 0 bridgehead atoms. The highest BCUT2D eigenvalue weighted by Gasteiger charge is 2.37. The Morgan fingerprint density at radius 1 is 1.29 bits per heavy atom. The molecule has 0 aliphatic rings. The third kappa shape index (κ3) is 4.93.